The Morgan fingerprint density at radius 3 is 3.19 bits per heavy atom. The van der Waals surface area contributed by atoms with E-state index >= 15 is 0 Å². The van der Waals surface area contributed by atoms with E-state index in [2.05, 4.69) is 4.98 Å². The number of aliphatic hydroxyl groups is 1. The lowest BCUT2D eigenvalue weighted by atomic mass is 10.5. The second-order valence-electron chi connectivity index (χ2n) is 3.20. The van der Waals surface area contributed by atoms with Crippen molar-refractivity contribution < 1.29 is 14.2 Å². The first kappa shape index (κ1) is 11.4. The molecule has 1 aromatic heterocycles. The summed E-state index contributed by atoms with van der Waals surface area (Å²) in [7, 11) is 0. The van der Waals surface area contributed by atoms with Crippen LogP contribution in [0.4, 0.5) is 10.2 Å². The third-order valence-electron chi connectivity index (χ3n) is 2.13. The zero-order chi connectivity index (χ0) is 11.7. The van der Waals surface area contributed by atoms with E-state index in [0.717, 1.165) is 10.8 Å². The fraction of sp³-hybridized carbons (Fsp3) is 0.500. The Balaban J connectivity index is 2.28. The molecule has 3 N–H and O–H groups in total. The van der Waals surface area contributed by atoms with Gasteiger partial charge < -0.3 is 15.6 Å². The lowest BCUT2D eigenvalue weighted by Crippen LogP contribution is -2.27. The highest BCUT2D eigenvalue weighted by molar-refractivity contribution is 8.00. The Morgan fingerprint density at radius 2 is 2.56 bits per heavy atom. The number of nitrogens with two attached hydrogens (primary N) is 1. The third kappa shape index (κ3) is 2.04. The highest BCUT2D eigenvalue weighted by Gasteiger charge is 2.28. The summed E-state index contributed by atoms with van der Waals surface area (Å²) in [5.41, 5.74) is 4.15. The van der Waals surface area contributed by atoms with Crippen molar-refractivity contribution >= 4 is 17.6 Å². The number of halogens is 1. The molecule has 1 aliphatic heterocycles. The van der Waals surface area contributed by atoms with Gasteiger partial charge in [0.05, 0.1) is 13.2 Å². The maximum absolute atomic E-state index is 13.1. The molecule has 2 rings (SSSR count). The summed E-state index contributed by atoms with van der Waals surface area (Å²) in [6, 6.07) is 0. The van der Waals surface area contributed by atoms with Crippen LogP contribution in [-0.2, 0) is 4.74 Å². The molecule has 2 heterocycles. The zero-order valence-corrected chi connectivity index (χ0v) is 8.98. The van der Waals surface area contributed by atoms with Gasteiger partial charge in [-0.25, -0.2) is 9.18 Å². The maximum Gasteiger partial charge on any atom is 0.350 e. The molecular formula is C8H10FN3O3S. The van der Waals surface area contributed by atoms with E-state index < -0.39 is 22.8 Å². The van der Waals surface area contributed by atoms with Gasteiger partial charge in [-0.1, -0.05) is 0 Å². The molecule has 16 heavy (non-hydrogen) atoms. The van der Waals surface area contributed by atoms with Crippen molar-refractivity contribution in [3.8, 4) is 0 Å². The van der Waals surface area contributed by atoms with Crippen LogP contribution in [0.25, 0.3) is 0 Å². The van der Waals surface area contributed by atoms with Crippen LogP contribution in [0.2, 0.25) is 0 Å². The first-order chi connectivity index (χ1) is 7.61. The predicted octanol–water partition coefficient (Wildman–Crippen LogP) is -0.455. The Morgan fingerprint density at radius 1 is 1.81 bits per heavy atom. The topological polar surface area (TPSA) is 90.4 Å². The number of thioether (sulfide) groups is 1. The molecule has 88 valence electrons. The van der Waals surface area contributed by atoms with Crippen LogP contribution in [0.3, 0.4) is 0 Å². The van der Waals surface area contributed by atoms with Gasteiger partial charge in [0, 0.05) is 6.20 Å². The summed E-state index contributed by atoms with van der Waals surface area (Å²) in [6.45, 7) is 0.0711. The number of nitrogens with zero attached hydrogens (tertiary/aromatic N) is 2. The van der Waals surface area contributed by atoms with E-state index in [1.165, 1.54) is 11.8 Å². The molecule has 1 aliphatic rings. The molecule has 6 nitrogen and oxygen atoms in total. The number of aromatic nitrogens is 2. The molecule has 0 radical (unpaired) electrons. The largest absolute Gasteiger partial charge is 0.393 e. The fourth-order valence-corrected chi connectivity index (χ4v) is 2.38. The summed E-state index contributed by atoms with van der Waals surface area (Å²) in [5.74, 6) is -1.16. The van der Waals surface area contributed by atoms with E-state index in [9.17, 15) is 9.18 Å². The lowest BCUT2D eigenvalue weighted by molar-refractivity contribution is 0.0802. The monoisotopic (exact) mass is 247 g/mol. The molecule has 1 fully saturated rings. The second-order valence-corrected chi connectivity index (χ2v) is 4.54. The van der Waals surface area contributed by atoms with Gasteiger partial charge in [-0.3, -0.25) is 4.57 Å². The minimum absolute atomic E-state index is 0.152. The summed E-state index contributed by atoms with van der Waals surface area (Å²) >= 11 is 1.24. The molecule has 0 bridgehead atoms. The number of anilines is 1. The lowest BCUT2D eigenvalue weighted by Gasteiger charge is -2.11. The summed E-state index contributed by atoms with van der Waals surface area (Å²) < 4.78 is 19.4. The van der Waals surface area contributed by atoms with Gasteiger partial charge in [-0.2, -0.15) is 4.98 Å². The molecule has 0 aromatic carbocycles. The molecule has 0 unspecified atom stereocenters. The quantitative estimate of drug-likeness (QED) is 0.735. The standard InChI is InChI=1S/C8H10FN3O3S/c9-4-1-12(8(14)11-7(4)10)5-3-15-6(2-13)16-5/h1,5-6,13H,2-3H2,(H2,10,11,14)/t5-,6-/m0/s1. The number of nitrogen functional groups attached to an aromatic ring is 1. The van der Waals surface area contributed by atoms with E-state index in [0.29, 0.717) is 0 Å². The van der Waals surface area contributed by atoms with Gasteiger partial charge in [-0.05, 0) is 0 Å². The van der Waals surface area contributed by atoms with Crippen molar-refractivity contribution in [1.29, 1.82) is 0 Å². The van der Waals surface area contributed by atoms with Crippen molar-refractivity contribution in [2.45, 2.75) is 10.8 Å². The third-order valence-corrected chi connectivity index (χ3v) is 3.39. The Kier molecular flexibility index (Phi) is 3.13. The summed E-state index contributed by atoms with van der Waals surface area (Å²) in [6.07, 6.45) is 1.01. The van der Waals surface area contributed by atoms with Gasteiger partial charge in [0.2, 0.25) is 0 Å². The maximum atomic E-state index is 13.1. The van der Waals surface area contributed by atoms with Gasteiger partial charge in [0.15, 0.2) is 11.6 Å². The van der Waals surface area contributed by atoms with Gasteiger partial charge in [0.1, 0.15) is 10.8 Å². The Labute approximate surface area is 94.2 Å². The summed E-state index contributed by atoms with van der Waals surface area (Å²) in [5, 5.41) is 8.47. The number of rotatable bonds is 2. The van der Waals surface area contributed by atoms with Crippen molar-refractivity contribution in [2.24, 2.45) is 0 Å². The van der Waals surface area contributed by atoms with Crippen LogP contribution >= 0.6 is 11.8 Å². The highest BCUT2D eigenvalue weighted by atomic mass is 32.2. The Bertz CT molecular complexity index is 453. The number of hydrogen-bond acceptors (Lipinski definition) is 6. The van der Waals surface area contributed by atoms with Gasteiger partial charge >= 0.3 is 5.69 Å². The fourth-order valence-electron chi connectivity index (χ4n) is 1.35. The summed E-state index contributed by atoms with van der Waals surface area (Å²) in [4.78, 5) is 14.8. The van der Waals surface area contributed by atoms with Crippen LogP contribution in [0, 0.1) is 5.82 Å². The van der Waals surface area contributed by atoms with Crippen LogP contribution in [0.5, 0.6) is 0 Å². The first-order valence-electron chi connectivity index (χ1n) is 4.54. The van der Waals surface area contributed by atoms with Crippen LogP contribution in [0.1, 0.15) is 5.37 Å². The predicted molar refractivity (Wildman–Crippen MR) is 56.3 cm³/mol. The SMILES string of the molecule is Nc1nc(=O)n([C@@H]2CO[C@H](CO)S2)cc1F. The minimum Gasteiger partial charge on any atom is -0.393 e. The molecule has 1 saturated heterocycles. The highest BCUT2D eigenvalue weighted by Crippen LogP contribution is 2.34. The number of ether oxygens (including phenoxy) is 1. The molecule has 0 saturated carbocycles. The van der Waals surface area contributed by atoms with Crippen molar-refractivity contribution in [3.63, 3.8) is 0 Å². The van der Waals surface area contributed by atoms with Gasteiger partial charge in [-0.15, -0.1) is 11.8 Å². The zero-order valence-electron chi connectivity index (χ0n) is 8.17. The minimum atomic E-state index is -0.743. The van der Waals surface area contributed by atoms with E-state index in [4.69, 9.17) is 15.6 Å². The molecular weight excluding hydrogens is 237 g/mol. The molecule has 0 aliphatic carbocycles. The van der Waals surface area contributed by atoms with E-state index in [-0.39, 0.29) is 18.6 Å². The van der Waals surface area contributed by atoms with Crippen molar-refractivity contribution in [3.05, 3.63) is 22.5 Å². The molecule has 0 amide bonds. The molecule has 1 aromatic rings. The number of aliphatic hydroxyl groups excluding tert-OH is 1. The molecule has 2 atom stereocenters. The smallest absolute Gasteiger partial charge is 0.350 e. The number of hydrogen-bond donors (Lipinski definition) is 2. The average Bonchev–Trinajstić information content (AvgIpc) is 2.71. The van der Waals surface area contributed by atoms with Crippen molar-refractivity contribution in [1.82, 2.24) is 9.55 Å². The normalized spacial score (nSPS) is 24.9. The van der Waals surface area contributed by atoms with E-state index in [1.54, 1.807) is 0 Å². The average molecular weight is 247 g/mol. The van der Waals surface area contributed by atoms with Crippen LogP contribution < -0.4 is 11.4 Å². The first-order valence-corrected chi connectivity index (χ1v) is 5.48. The van der Waals surface area contributed by atoms with Crippen LogP contribution in [0.15, 0.2) is 11.0 Å². The van der Waals surface area contributed by atoms with E-state index in [1.807, 2.05) is 0 Å². The molecule has 8 heteroatoms. The Hall–Kier alpha value is -1.12. The van der Waals surface area contributed by atoms with Crippen LogP contribution in [-0.4, -0.2) is 33.3 Å². The second kappa shape index (κ2) is 4.40. The van der Waals surface area contributed by atoms with Gasteiger partial charge in [0.25, 0.3) is 0 Å². The molecule has 0 spiro atoms. The van der Waals surface area contributed by atoms with Crippen molar-refractivity contribution in [2.75, 3.05) is 18.9 Å².